The molecule has 0 fully saturated rings. The third-order valence-corrected chi connectivity index (χ3v) is 2.98. The van der Waals surface area contributed by atoms with Gasteiger partial charge in [0.25, 0.3) is 5.91 Å². The SMILES string of the molecule is CCC(NC(=O)c1cc(Cl)ccc1OC)C(N)=S. The van der Waals surface area contributed by atoms with E-state index in [0.717, 1.165) is 0 Å². The lowest BCUT2D eigenvalue weighted by Crippen LogP contribution is -2.43. The van der Waals surface area contributed by atoms with Crippen LogP contribution in [0, 0.1) is 0 Å². The number of carbonyl (C=O) groups is 1. The van der Waals surface area contributed by atoms with E-state index in [2.05, 4.69) is 5.32 Å². The molecular weight excluding hydrogens is 272 g/mol. The highest BCUT2D eigenvalue weighted by molar-refractivity contribution is 7.80. The molecule has 4 nitrogen and oxygen atoms in total. The lowest BCUT2D eigenvalue weighted by Gasteiger charge is -2.16. The van der Waals surface area contributed by atoms with Gasteiger partial charge in [0, 0.05) is 5.02 Å². The van der Waals surface area contributed by atoms with E-state index in [1.165, 1.54) is 7.11 Å². The normalized spacial score (nSPS) is 11.7. The summed E-state index contributed by atoms with van der Waals surface area (Å²) in [6, 6.07) is 4.50. The van der Waals surface area contributed by atoms with Crippen LogP contribution in [0.4, 0.5) is 0 Å². The van der Waals surface area contributed by atoms with Crippen LogP contribution in [0.25, 0.3) is 0 Å². The fraction of sp³-hybridized carbons (Fsp3) is 0.333. The van der Waals surface area contributed by atoms with Gasteiger partial charge in [-0.15, -0.1) is 0 Å². The van der Waals surface area contributed by atoms with Crippen LogP contribution in [-0.4, -0.2) is 24.0 Å². The number of amides is 1. The molecule has 0 aliphatic rings. The average molecular weight is 287 g/mol. The molecule has 98 valence electrons. The summed E-state index contributed by atoms with van der Waals surface area (Å²) in [4.78, 5) is 12.3. The van der Waals surface area contributed by atoms with Gasteiger partial charge >= 0.3 is 0 Å². The Balaban J connectivity index is 2.96. The third kappa shape index (κ3) is 3.58. The van der Waals surface area contributed by atoms with Crippen molar-refractivity contribution in [1.29, 1.82) is 0 Å². The molecule has 0 heterocycles. The van der Waals surface area contributed by atoms with E-state index in [-0.39, 0.29) is 16.9 Å². The number of benzene rings is 1. The molecule has 0 radical (unpaired) electrons. The van der Waals surface area contributed by atoms with Crippen LogP contribution >= 0.6 is 23.8 Å². The first-order chi connectivity index (χ1) is 8.49. The second-order valence-corrected chi connectivity index (χ2v) is 4.59. The molecule has 0 bridgehead atoms. The van der Waals surface area contributed by atoms with E-state index in [1.807, 2.05) is 6.92 Å². The predicted molar refractivity (Wildman–Crippen MR) is 76.3 cm³/mol. The van der Waals surface area contributed by atoms with E-state index >= 15 is 0 Å². The van der Waals surface area contributed by atoms with E-state index < -0.39 is 0 Å². The third-order valence-electron chi connectivity index (χ3n) is 2.46. The van der Waals surface area contributed by atoms with Gasteiger partial charge in [-0.25, -0.2) is 0 Å². The fourth-order valence-electron chi connectivity index (χ4n) is 1.47. The monoisotopic (exact) mass is 286 g/mol. The molecule has 0 aliphatic heterocycles. The molecule has 1 amide bonds. The number of carbonyl (C=O) groups excluding carboxylic acids is 1. The molecule has 1 atom stereocenters. The van der Waals surface area contributed by atoms with Gasteiger partial charge in [0.1, 0.15) is 5.75 Å². The zero-order valence-corrected chi connectivity index (χ0v) is 11.8. The summed E-state index contributed by atoms with van der Waals surface area (Å²) in [6.45, 7) is 1.89. The number of hydrogen-bond donors (Lipinski definition) is 2. The fourth-order valence-corrected chi connectivity index (χ4v) is 1.87. The molecule has 6 heteroatoms. The van der Waals surface area contributed by atoms with Crippen molar-refractivity contribution in [3.8, 4) is 5.75 Å². The van der Waals surface area contributed by atoms with E-state index in [4.69, 9.17) is 34.3 Å². The molecule has 1 rings (SSSR count). The van der Waals surface area contributed by atoms with Crippen molar-refractivity contribution in [1.82, 2.24) is 5.32 Å². The summed E-state index contributed by atoms with van der Waals surface area (Å²) in [7, 11) is 1.49. The molecule has 1 aromatic carbocycles. The number of methoxy groups -OCH3 is 1. The van der Waals surface area contributed by atoms with Crippen molar-refractivity contribution < 1.29 is 9.53 Å². The van der Waals surface area contributed by atoms with Gasteiger partial charge < -0.3 is 15.8 Å². The van der Waals surface area contributed by atoms with Crippen LogP contribution in [-0.2, 0) is 0 Å². The van der Waals surface area contributed by atoms with E-state index in [0.29, 0.717) is 22.8 Å². The number of nitrogens with two attached hydrogens (primary N) is 1. The maximum Gasteiger partial charge on any atom is 0.255 e. The minimum Gasteiger partial charge on any atom is -0.496 e. The molecule has 0 aliphatic carbocycles. The summed E-state index contributed by atoms with van der Waals surface area (Å²) in [5, 5.41) is 3.20. The number of rotatable bonds is 5. The predicted octanol–water partition coefficient (Wildman–Crippen LogP) is 2.14. The second-order valence-electron chi connectivity index (χ2n) is 3.68. The molecule has 0 saturated heterocycles. The van der Waals surface area contributed by atoms with Crippen molar-refractivity contribution in [2.24, 2.45) is 5.73 Å². The quantitative estimate of drug-likeness (QED) is 0.814. The summed E-state index contributed by atoms with van der Waals surface area (Å²) in [5.74, 6) is 0.142. The summed E-state index contributed by atoms with van der Waals surface area (Å²) in [6.07, 6.45) is 0.629. The van der Waals surface area contributed by atoms with E-state index in [9.17, 15) is 4.79 Å². The summed E-state index contributed by atoms with van der Waals surface area (Å²) >= 11 is 10.7. The smallest absolute Gasteiger partial charge is 0.255 e. The van der Waals surface area contributed by atoms with Crippen LogP contribution in [0.2, 0.25) is 5.02 Å². The van der Waals surface area contributed by atoms with Crippen LogP contribution in [0.15, 0.2) is 18.2 Å². The lowest BCUT2D eigenvalue weighted by atomic mass is 10.1. The van der Waals surface area contributed by atoms with Crippen molar-refractivity contribution in [2.45, 2.75) is 19.4 Å². The first-order valence-corrected chi connectivity index (χ1v) is 6.22. The second kappa shape index (κ2) is 6.56. The van der Waals surface area contributed by atoms with Gasteiger partial charge in [-0.3, -0.25) is 4.79 Å². The van der Waals surface area contributed by atoms with Crippen LogP contribution in [0.3, 0.4) is 0 Å². The van der Waals surface area contributed by atoms with Gasteiger partial charge in [0.15, 0.2) is 0 Å². The molecule has 1 aromatic rings. The standard InChI is InChI=1S/C12H15ClN2O2S/c1-3-9(11(14)18)15-12(16)8-6-7(13)4-5-10(8)17-2/h4-6,9H,3H2,1-2H3,(H2,14,18)(H,15,16). The molecule has 3 N–H and O–H groups in total. The number of nitrogens with one attached hydrogen (secondary N) is 1. The number of ether oxygens (including phenoxy) is 1. The highest BCUT2D eigenvalue weighted by Gasteiger charge is 2.17. The van der Waals surface area contributed by atoms with Crippen molar-refractivity contribution in [3.05, 3.63) is 28.8 Å². The van der Waals surface area contributed by atoms with Crippen LogP contribution < -0.4 is 15.8 Å². The van der Waals surface area contributed by atoms with Gasteiger partial charge in [0.05, 0.1) is 23.7 Å². The van der Waals surface area contributed by atoms with Crippen LogP contribution in [0.5, 0.6) is 5.75 Å². The Bertz CT molecular complexity index is 465. The first-order valence-electron chi connectivity index (χ1n) is 5.43. The average Bonchev–Trinajstić information content (AvgIpc) is 2.35. The number of hydrogen-bond acceptors (Lipinski definition) is 3. The molecular formula is C12H15ClN2O2S. The summed E-state index contributed by atoms with van der Waals surface area (Å²) < 4.78 is 5.11. The minimum atomic E-state index is -0.337. The molecule has 0 saturated carbocycles. The highest BCUT2D eigenvalue weighted by atomic mass is 35.5. The topological polar surface area (TPSA) is 64.3 Å². The Morgan fingerprint density at radius 3 is 2.78 bits per heavy atom. The lowest BCUT2D eigenvalue weighted by molar-refractivity contribution is 0.0943. The maximum absolute atomic E-state index is 12.1. The largest absolute Gasteiger partial charge is 0.496 e. The number of thiocarbonyl (C=S) groups is 1. The zero-order valence-electron chi connectivity index (χ0n) is 10.2. The molecule has 18 heavy (non-hydrogen) atoms. The van der Waals surface area contributed by atoms with Gasteiger partial charge in [-0.05, 0) is 24.6 Å². The van der Waals surface area contributed by atoms with E-state index in [1.54, 1.807) is 18.2 Å². The Morgan fingerprint density at radius 2 is 2.28 bits per heavy atom. The van der Waals surface area contributed by atoms with Gasteiger partial charge in [-0.1, -0.05) is 30.7 Å². The van der Waals surface area contributed by atoms with Gasteiger partial charge in [0.2, 0.25) is 0 Å². The molecule has 0 spiro atoms. The number of halogens is 1. The summed E-state index contributed by atoms with van der Waals surface area (Å²) in [5.41, 5.74) is 5.89. The van der Waals surface area contributed by atoms with Crippen molar-refractivity contribution in [2.75, 3.05) is 7.11 Å². The molecule has 0 aromatic heterocycles. The first kappa shape index (κ1) is 14.7. The Morgan fingerprint density at radius 1 is 1.61 bits per heavy atom. The highest BCUT2D eigenvalue weighted by Crippen LogP contribution is 2.22. The van der Waals surface area contributed by atoms with Crippen LogP contribution in [0.1, 0.15) is 23.7 Å². The Labute approximate surface area is 116 Å². The Kier molecular flexibility index (Phi) is 5.37. The van der Waals surface area contributed by atoms with Crippen molar-refractivity contribution >= 4 is 34.7 Å². The molecule has 1 unspecified atom stereocenters. The zero-order chi connectivity index (χ0) is 13.7. The van der Waals surface area contributed by atoms with Gasteiger partial charge in [-0.2, -0.15) is 0 Å². The van der Waals surface area contributed by atoms with Crippen molar-refractivity contribution in [3.63, 3.8) is 0 Å². The maximum atomic E-state index is 12.1. The minimum absolute atomic E-state index is 0.256. The Hall–Kier alpha value is -1.33.